The Morgan fingerprint density at radius 3 is 2.63 bits per heavy atom. The lowest BCUT2D eigenvalue weighted by Crippen LogP contribution is -2.30. The van der Waals surface area contributed by atoms with Crippen molar-refractivity contribution in [1.82, 2.24) is 4.90 Å². The zero-order valence-electron chi connectivity index (χ0n) is 17.6. The number of benzene rings is 2. The van der Waals surface area contributed by atoms with E-state index in [1.165, 1.54) is 19.3 Å². The van der Waals surface area contributed by atoms with Crippen LogP contribution in [0.3, 0.4) is 0 Å². The molecule has 0 aliphatic carbocycles. The van der Waals surface area contributed by atoms with Crippen molar-refractivity contribution in [3.63, 3.8) is 0 Å². The molecule has 2 aromatic rings. The number of thioether (sulfide) groups is 1. The third-order valence-electron chi connectivity index (χ3n) is 5.18. The average Bonchev–Trinajstić information content (AvgIpc) is 2.78. The first-order valence-electron chi connectivity index (χ1n) is 10.3. The fourth-order valence-electron chi connectivity index (χ4n) is 3.48. The fraction of sp³-hybridized carbons (Fsp3) is 0.391. The lowest BCUT2D eigenvalue weighted by Gasteiger charge is -2.27. The molecule has 7 heteroatoms. The van der Waals surface area contributed by atoms with Crippen LogP contribution in [0.15, 0.2) is 58.6 Å². The molecule has 0 saturated carbocycles. The molecule has 1 aliphatic heterocycles. The number of carbonyl (C=O) groups is 1. The van der Waals surface area contributed by atoms with Crippen molar-refractivity contribution in [3.05, 3.63) is 59.7 Å². The number of amides is 1. The van der Waals surface area contributed by atoms with Crippen LogP contribution < -0.4 is 11.1 Å². The van der Waals surface area contributed by atoms with Gasteiger partial charge in [0.2, 0.25) is 6.10 Å². The first-order chi connectivity index (χ1) is 14.6. The van der Waals surface area contributed by atoms with Gasteiger partial charge in [0, 0.05) is 17.0 Å². The number of nitrogens with zero attached hydrogens (tertiary/aromatic N) is 2. The van der Waals surface area contributed by atoms with Gasteiger partial charge in [-0.1, -0.05) is 48.0 Å². The van der Waals surface area contributed by atoms with Crippen LogP contribution in [-0.4, -0.2) is 42.1 Å². The summed E-state index contributed by atoms with van der Waals surface area (Å²) in [6, 6.07) is 15.6. The molecule has 3 N–H and O–H groups in total. The smallest absolute Gasteiger partial charge is 0.268 e. The third-order valence-corrected chi connectivity index (χ3v) is 5.98. The van der Waals surface area contributed by atoms with Gasteiger partial charge in [-0.25, -0.2) is 0 Å². The summed E-state index contributed by atoms with van der Waals surface area (Å²) in [5.74, 6) is 0.0152. The Labute approximate surface area is 182 Å². The normalized spacial score (nSPS) is 16.1. The Balaban J connectivity index is 1.63. The van der Waals surface area contributed by atoms with Crippen molar-refractivity contribution in [1.29, 1.82) is 0 Å². The Morgan fingerprint density at radius 2 is 1.87 bits per heavy atom. The van der Waals surface area contributed by atoms with E-state index in [9.17, 15) is 4.79 Å². The minimum Gasteiger partial charge on any atom is -0.381 e. The molecule has 0 bridgehead atoms. The molecule has 3 rings (SSSR count). The maximum Gasteiger partial charge on any atom is 0.268 e. The van der Waals surface area contributed by atoms with Crippen molar-refractivity contribution in [2.75, 3.05) is 24.7 Å². The predicted molar refractivity (Wildman–Crippen MR) is 124 cm³/mol. The quantitative estimate of drug-likeness (QED) is 0.288. The van der Waals surface area contributed by atoms with E-state index in [2.05, 4.69) is 21.4 Å². The molecule has 160 valence electrons. The van der Waals surface area contributed by atoms with Crippen LogP contribution in [0.1, 0.15) is 37.3 Å². The molecule has 1 heterocycles. The first kappa shape index (κ1) is 22.2. The summed E-state index contributed by atoms with van der Waals surface area (Å²) in [4.78, 5) is 21.4. The lowest BCUT2D eigenvalue weighted by atomic mass is 10.0. The van der Waals surface area contributed by atoms with Gasteiger partial charge in [-0.3, -0.25) is 9.69 Å². The van der Waals surface area contributed by atoms with E-state index >= 15 is 0 Å². The Morgan fingerprint density at radius 1 is 1.17 bits per heavy atom. The van der Waals surface area contributed by atoms with Crippen molar-refractivity contribution in [3.8, 4) is 0 Å². The molecule has 1 unspecified atom stereocenters. The highest BCUT2D eigenvalue weighted by atomic mass is 32.2. The van der Waals surface area contributed by atoms with Gasteiger partial charge >= 0.3 is 0 Å². The van der Waals surface area contributed by atoms with Crippen molar-refractivity contribution in [2.24, 2.45) is 10.9 Å². The molecule has 1 amide bonds. The molecule has 1 atom stereocenters. The van der Waals surface area contributed by atoms with E-state index in [0.29, 0.717) is 0 Å². The standard InChI is InChI=1S/C23H30N4O2S/c1-17(23(28)25-20-12-6-7-13-21(20)30-2)29-26-22(24)19-11-5-4-10-18(19)16-27-14-8-3-9-15-27/h4-7,10-13,17H,3,8-9,14-16H2,1-2H3,(H2,24,26)(H,25,28). The summed E-state index contributed by atoms with van der Waals surface area (Å²) >= 11 is 1.57. The van der Waals surface area contributed by atoms with Crippen LogP contribution in [0.5, 0.6) is 0 Å². The van der Waals surface area contributed by atoms with Gasteiger partial charge in [0.15, 0.2) is 5.84 Å². The lowest BCUT2D eigenvalue weighted by molar-refractivity contribution is -0.126. The van der Waals surface area contributed by atoms with Crippen LogP contribution in [0.4, 0.5) is 5.69 Å². The molecule has 0 spiro atoms. The molecule has 2 aromatic carbocycles. The summed E-state index contributed by atoms with van der Waals surface area (Å²) in [6.45, 7) is 4.72. The molecule has 1 aliphatic rings. The topological polar surface area (TPSA) is 79.9 Å². The zero-order valence-corrected chi connectivity index (χ0v) is 18.5. The molecule has 1 saturated heterocycles. The second-order valence-electron chi connectivity index (χ2n) is 7.41. The molecule has 0 aromatic heterocycles. The number of nitrogens with two attached hydrogens (primary N) is 1. The maximum absolute atomic E-state index is 12.5. The second-order valence-corrected chi connectivity index (χ2v) is 8.26. The number of likely N-dealkylation sites (tertiary alicyclic amines) is 1. The Kier molecular flexibility index (Phi) is 8.16. The molecular formula is C23H30N4O2S. The molecule has 6 nitrogen and oxygen atoms in total. The van der Waals surface area contributed by atoms with E-state index in [1.54, 1.807) is 18.7 Å². The van der Waals surface area contributed by atoms with Crippen LogP contribution >= 0.6 is 11.8 Å². The Hall–Kier alpha value is -2.51. The number of anilines is 1. The van der Waals surface area contributed by atoms with Gasteiger partial charge in [-0.15, -0.1) is 11.8 Å². The van der Waals surface area contributed by atoms with E-state index < -0.39 is 6.10 Å². The van der Waals surface area contributed by atoms with Crippen LogP contribution in [0.2, 0.25) is 0 Å². The van der Waals surface area contributed by atoms with Gasteiger partial charge in [0.1, 0.15) is 0 Å². The fourth-order valence-corrected chi connectivity index (χ4v) is 4.04. The number of oxime groups is 1. The summed E-state index contributed by atoms with van der Waals surface area (Å²) in [7, 11) is 0. The first-order valence-corrected chi connectivity index (χ1v) is 11.5. The average molecular weight is 427 g/mol. The predicted octanol–water partition coefficient (Wildman–Crippen LogP) is 4.06. The summed E-state index contributed by atoms with van der Waals surface area (Å²) < 4.78 is 0. The van der Waals surface area contributed by atoms with Gasteiger partial charge in [-0.2, -0.15) is 0 Å². The SMILES string of the molecule is CSc1ccccc1NC(=O)C(C)O/N=C(/N)c1ccccc1CN1CCCCC1. The zero-order chi connectivity index (χ0) is 21.3. The highest BCUT2D eigenvalue weighted by Gasteiger charge is 2.17. The van der Waals surface area contributed by atoms with Crippen molar-refractivity contribution < 1.29 is 9.63 Å². The number of hydrogen-bond donors (Lipinski definition) is 2. The summed E-state index contributed by atoms with van der Waals surface area (Å²) in [5.41, 5.74) is 8.95. The minimum absolute atomic E-state index is 0.269. The molecule has 30 heavy (non-hydrogen) atoms. The number of piperidine rings is 1. The van der Waals surface area contributed by atoms with Gasteiger partial charge in [0.25, 0.3) is 5.91 Å². The van der Waals surface area contributed by atoms with Gasteiger partial charge in [-0.05, 0) is 56.8 Å². The molecular weight excluding hydrogens is 396 g/mol. The molecule has 0 radical (unpaired) electrons. The number of amidine groups is 1. The van der Waals surface area contributed by atoms with Gasteiger partial charge < -0.3 is 15.9 Å². The van der Waals surface area contributed by atoms with Crippen LogP contribution in [0.25, 0.3) is 0 Å². The minimum atomic E-state index is -0.771. The largest absolute Gasteiger partial charge is 0.381 e. The Bertz CT molecular complexity index is 881. The van der Waals surface area contributed by atoms with E-state index in [0.717, 1.165) is 41.3 Å². The second kappa shape index (κ2) is 11.0. The number of rotatable bonds is 8. The third kappa shape index (κ3) is 6.00. The van der Waals surface area contributed by atoms with E-state index in [1.807, 2.05) is 48.7 Å². The van der Waals surface area contributed by atoms with E-state index in [4.69, 9.17) is 10.6 Å². The highest BCUT2D eigenvalue weighted by Crippen LogP contribution is 2.24. The monoisotopic (exact) mass is 426 g/mol. The number of para-hydroxylation sites is 1. The number of carbonyl (C=O) groups excluding carboxylic acids is 1. The highest BCUT2D eigenvalue weighted by molar-refractivity contribution is 7.98. The van der Waals surface area contributed by atoms with E-state index in [-0.39, 0.29) is 11.7 Å². The van der Waals surface area contributed by atoms with Crippen LogP contribution in [0, 0.1) is 0 Å². The summed E-state index contributed by atoms with van der Waals surface area (Å²) in [6.07, 6.45) is 4.98. The maximum atomic E-state index is 12.5. The van der Waals surface area contributed by atoms with Crippen molar-refractivity contribution >= 4 is 29.2 Å². The molecule has 1 fully saturated rings. The van der Waals surface area contributed by atoms with Crippen LogP contribution in [-0.2, 0) is 16.2 Å². The summed E-state index contributed by atoms with van der Waals surface area (Å²) in [5, 5.41) is 6.95. The number of hydrogen-bond acceptors (Lipinski definition) is 5. The van der Waals surface area contributed by atoms with Crippen molar-refractivity contribution in [2.45, 2.75) is 43.7 Å². The van der Waals surface area contributed by atoms with Gasteiger partial charge in [0.05, 0.1) is 5.69 Å². The number of nitrogens with one attached hydrogen (secondary N) is 1.